The molecule has 5 N–H and O–H groups in total. The van der Waals surface area contributed by atoms with Crippen LogP contribution in [0.2, 0.25) is 0 Å². The number of hydrogen-bond acceptors (Lipinski definition) is 10. The Kier molecular flexibility index (Phi) is 6.99. The summed E-state index contributed by atoms with van der Waals surface area (Å²) < 4.78 is 68.2. The van der Waals surface area contributed by atoms with Gasteiger partial charge in [-0.3, -0.25) is 9.11 Å². The highest BCUT2D eigenvalue weighted by Crippen LogP contribution is 2.48. The Morgan fingerprint density at radius 2 is 1.05 bits per heavy atom. The second kappa shape index (κ2) is 9.90. The van der Waals surface area contributed by atoms with Crippen molar-refractivity contribution >= 4 is 59.4 Å². The van der Waals surface area contributed by atoms with Crippen LogP contribution in [0.5, 0.6) is 5.75 Å². The van der Waals surface area contributed by atoms with Crippen molar-refractivity contribution in [2.45, 2.75) is 23.6 Å². The number of hydrogen-bond donors (Lipinski definition) is 4. The normalized spacial score (nSPS) is 12.6. The molecular formula is C24H21N5O7S2. The van der Waals surface area contributed by atoms with Crippen LogP contribution in [0.25, 0.3) is 10.8 Å². The summed E-state index contributed by atoms with van der Waals surface area (Å²) in [5, 5.41) is 26.1. The molecule has 0 unspecified atom stereocenters. The Hall–Kier alpha value is -4.24. The van der Waals surface area contributed by atoms with Crippen LogP contribution in [-0.2, 0) is 20.2 Å². The molecule has 0 saturated heterocycles. The van der Waals surface area contributed by atoms with Crippen LogP contribution in [0.1, 0.15) is 11.1 Å². The molecule has 0 fully saturated rings. The van der Waals surface area contributed by atoms with Crippen molar-refractivity contribution in [3.05, 3.63) is 71.8 Å². The number of nitrogen functional groups attached to an aromatic ring is 1. The largest absolute Gasteiger partial charge is 0.505 e. The summed E-state index contributed by atoms with van der Waals surface area (Å²) in [4.78, 5) is -1.67. The van der Waals surface area contributed by atoms with Crippen LogP contribution < -0.4 is 5.73 Å². The Labute approximate surface area is 217 Å². The molecule has 0 spiro atoms. The lowest BCUT2D eigenvalue weighted by Crippen LogP contribution is -2.03. The van der Waals surface area contributed by atoms with E-state index >= 15 is 0 Å². The fourth-order valence-electron chi connectivity index (χ4n) is 3.54. The van der Waals surface area contributed by atoms with Crippen LogP contribution in [0.15, 0.2) is 90.9 Å². The zero-order valence-electron chi connectivity index (χ0n) is 19.9. The minimum absolute atomic E-state index is 0.246. The summed E-state index contributed by atoms with van der Waals surface area (Å²) in [6.07, 6.45) is 0. The Balaban J connectivity index is 2.01. The van der Waals surface area contributed by atoms with Crippen LogP contribution in [0.4, 0.5) is 28.4 Å². The standard InChI is InChI=1S/C24H21N5O7S2/c1-13-3-7-16(8-4-13)26-28-22-18(37(31,32)33)11-15-12-19(38(34,35)36)23(24(30)20(15)21(22)25)29-27-17-9-5-14(2)6-10-17/h3-12,30H,25H2,1-2H3,(H,31,32,33)(H,34,35,36)/b28-26+,29-27+. The van der Waals surface area contributed by atoms with E-state index in [1.165, 1.54) is 0 Å². The highest BCUT2D eigenvalue weighted by molar-refractivity contribution is 7.86. The summed E-state index contributed by atoms with van der Waals surface area (Å²) in [5.74, 6) is -0.822. The minimum atomic E-state index is -4.99. The predicted molar refractivity (Wildman–Crippen MR) is 140 cm³/mol. The first-order valence-corrected chi connectivity index (χ1v) is 13.7. The SMILES string of the molecule is Cc1ccc(/N=N/c2c(S(=O)(=O)O)cc3cc(S(=O)(=O)O)c(/N=N/c4ccc(C)cc4)c(O)c3c2N)cc1. The van der Waals surface area contributed by atoms with Gasteiger partial charge in [0.15, 0.2) is 5.75 Å². The van der Waals surface area contributed by atoms with Crippen LogP contribution in [0.3, 0.4) is 0 Å². The lowest BCUT2D eigenvalue weighted by Gasteiger charge is -2.14. The number of aryl methyl sites for hydroxylation is 2. The van der Waals surface area contributed by atoms with Gasteiger partial charge in [-0.15, -0.1) is 10.2 Å². The molecule has 0 saturated carbocycles. The molecule has 0 atom stereocenters. The van der Waals surface area contributed by atoms with Crippen molar-refractivity contribution in [3.8, 4) is 5.75 Å². The third-order valence-electron chi connectivity index (χ3n) is 5.47. The number of benzene rings is 4. The molecule has 0 amide bonds. The predicted octanol–water partition coefficient (Wildman–Crippen LogP) is 6.07. The number of aromatic hydroxyl groups is 1. The van der Waals surface area contributed by atoms with E-state index < -0.39 is 52.8 Å². The molecule has 12 nitrogen and oxygen atoms in total. The molecule has 0 aliphatic carbocycles. The van der Waals surface area contributed by atoms with Crippen molar-refractivity contribution in [1.82, 2.24) is 0 Å². The molecule has 0 heterocycles. The third kappa shape index (κ3) is 5.52. The minimum Gasteiger partial charge on any atom is -0.505 e. The van der Waals surface area contributed by atoms with Gasteiger partial charge in [-0.05, 0) is 55.6 Å². The van der Waals surface area contributed by atoms with Crippen molar-refractivity contribution in [3.63, 3.8) is 0 Å². The van der Waals surface area contributed by atoms with Crippen molar-refractivity contribution in [2.75, 3.05) is 5.73 Å². The lowest BCUT2D eigenvalue weighted by molar-refractivity contribution is 0.472. The maximum Gasteiger partial charge on any atom is 0.296 e. The fraction of sp³-hybridized carbons (Fsp3) is 0.0833. The van der Waals surface area contributed by atoms with Crippen molar-refractivity contribution in [1.29, 1.82) is 0 Å². The van der Waals surface area contributed by atoms with E-state index in [2.05, 4.69) is 20.5 Å². The maximum atomic E-state index is 12.2. The van der Waals surface area contributed by atoms with Crippen molar-refractivity contribution < 1.29 is 31.0 Å². The second-order valence-electron chi connectivity index (χ2n) is 8.33. The first-order valence-electron chi connectivity index (χ1n) is 10.8. The van der Waals surface area contributed by atoms with Gasteiger partial charge in [0.05, 0.1) is 22.4 Å². The molecule has 14 heteroatoms. The number of fused-ring (bicyclic) bond motifs is 1. The zero-order valence-corrected chi connectivity index (χ0v) is 21.6. The van der Waals surface area contributed by atoms with Gasteiger partial charge in [-0.25, -0.2) is 0 Å². The van der Waals surface area contributed by atoms with Gasteiger partial charge in [0, 0.05) is 0 Å². The quantitative estimate of drug-likeness (QED) is 0.124. The topological polar surface area (TPSA) is 204 Å². The summed E-state index contributed by atoms with van der Waals surface area (Å²) in [6.45, 7) is 3.71. The fourth-order valence-corrected chi connectivity index (χ4v) is 4.87. The van der Waals surface area contributed by atoms with Gasteiger partial charge < -0.3 is 10.8 Å². The molecule has 38 heavy (non-hydrogen) atoms. The molecular weight excluding hydrogens is 534 g/mol. The number of nitrogens with zero attached hydrogens (tertiary/aromatic N) is 4. The van der Waals surface area contributed by atoms with Crippen molar-refractivity contribution in [2.24, 2.45) is 20.5 Å². The van der Waals surface area contributed by atoms with Gasteiger partial charge in [0.1, 0.15) is 21.2 Å². The summed E-state index contributed by atoms with van der Waals surface area (Å²) in [6, 6.07) is 15.1. The van der Waals surface area contributed by atoms with E-state index in [1.807, 2.05) is 13.8 Å². The van der Waals surface area contributed by atoms with Gasteiger partial charge in [-0.1, -0.05) is 35.4 Å². The summed E-state index contributed by atoms with van der Waals surface area (Å²) in [7, 11) is -9.94. The van der Waals surface area contributed by atoms with E-state index in [4.69, 9.17) is 5.73 Å². The molecule has 4 rings (SSSR count). The van der Waals surface area contributed by atoms with Gasteiger partial charge >= 0.3 is 0 Å². The number of phenolic OH excluding ortho intramolecular Hbond substituents is 1. The van der Waals surface area contributed by atoms with Crippen LogP contribution in [0, 0.1) is 13.8 Å². The molecule has 4 aromatic carbocycles. The van der Waals surface area contributed by atoms with E-state index in [1.54, 1.807) is 48.5 Å². The molecule has 0 aliphatic rings. The lowest BCUT2D eigenvalue weighted by atomic mass is 10.1. The summed E-state index contributed by atoms with van der Waals surface area (Å²) >= 11 is 0. The smallest absolute Gasteiger partial charge is 0.296 e. The number of nitrogens with two attached hydrogens (primary N) is 1. The Bertz CT molecular complexity index is 1700. The van der Waals surface area contributed by atoms with E-state index in [9.17, 15) is 31.0 Å². The molecule has 0 aromatic heterocycles. The van der Waals surface area contributed by atoms with E-state index in [0.29, 0.717) is 11.4 Å². The molecule has 0 aliphatic heterocycles. The van der Waals surface area contributed by atoms with Crippen LogP contribution >= 0.6 is 0 Å². The molecule has 0 bridgehead atoms. The average molecular weight is 556 g/mol. The van der Waals surface area contributed by atoms with Gasteiger partial charge in [0.2, 0.25) is 0 Å². The van der Waals surface area contributed by atoms with E-state index in [0.717, 1.165) is 23.3 Å². The first kappa shape index (κ1) is 26.8. The number of anilines is 1. The van der Waals surface area contributed by atoms with Gasteiger partial charge in [0.25, 0.3) is 20.2 Å². The molecule has 0 radical (unpaired) electrons. The number of rotatable bonds is 6. The second-order valence-corrected chi connectivity index (χ2v) is 11.1. The highest BCUT2D eigenvalue weighted by atomic mass is 32.2. The highest BCUT2D eigenvalue weighted by Gasteiger charge is 2.28. The third-order valence-corrected chi connectivity index (χ3v) is 7.20. The van der Waals surface area contributed by atoms with Gasteiger partial charge in [-0.2, -0.15) is 27.1 Å². The maximum absolute atomic E-state index is 12.2. The average Bonchev–Trinajstić information content (AvgIpc) is 2.83. The Morgan fingerprint density at radius 1 is 0.658 bits per heavy atom. The summed E-state index contributed by atoms with van der Waals surface area (Å²) in [5.41, 5.74) is 7.13. The molecule has 196 valence electrons. The number of azo groups is 2. The number of phenols is 1. The van der Waals surface area contributed by atoms with E-state index in [-0.39, 0.29) is 10.8 Å². The Morgan fingerprint density at radius 3 is 1.47 bits per heavy atom. The van der Waals surface area contributed by atoms with Crippen LogP contribution in [-0.4, -0.2) is 31.0 Å². The zero-order chi connectivity index (χ0) is 27.8. The molecule has 4 aromatic rings. The first-order chi connectivity index (χ1) is 17.8. The monoisotopic (exact) mass is 555 g/mol.